The Labute approximate surface area is 106 Å². The van der Waals surface area contributed by atoms with Crippen LogP contribution in [0, 0.1) is 18.7 Å². The van der Waals surface area contributed by atoms with Crippen molar-refractivity contribution in [3.05, 3.63) is 35.1 Å². The number of benzene rings is 1. The van der Waals surface area contributed by atoms with Gasteiger partial charge in [-0.1, -0.05) is 6.07 Å². The highest BCUT2D eigenvalue weighted by molar-refractivity contribution is 5.94. The van der Waals surface area contributed by atoms with E-state index in [2.05, 4.69) is 5.32 Å². The highest BCUT2D eigenvalue weighted by Crippen LogP contribution is 2.24. The van der Waals surface area contributed by atoms with Crippen LogP contribution in [-0.4, -0.2) is 23.7 Å². The largest absolute Gasteiger partial charge is 0.393 e. The van der Waals surface area contributed by atoms with E-state index in [1.807, 2.05) is 0 Å². The molecule has 4 heteroatoms. The Morgan fingerprint density at radius 3 is 2.89 bits per heavy atom. The molecule has 1 saturated carbocycles. The lowest BCUT2D eigenvalue weighted by Gasteiger charge is -2.11. The van der Waals surface area contributed by atoms with Crippen molar-refractivity contribution in [3.8, 4) is 0 Å². The van der Waals surface area contributed by atoms with E-state index < -0.39 is 5.82 Å². The molecule has 0 radical (unpaired) electrons. The van der Waals surface area contributed by atoms with Crippen LogP contribution < -0.4 is 5.32 Å². The molecule has 0 spiro atoms. The summed E-state index contributed by atoms with van der Waals surface area (Å²) < 4.78 is 13.6. The fourth-order valence-corrected chi connectivity index (χ4v) is 2.37. The molecule has 1 aliphatic carbocycles. The Morgan fingerprint density at radius 1 is 1.50 bits per heavy atom. The van der Waals surface area contributed by atoms with Gasteiger partial charge in [0.1, 0.15) is 5.82 Å². The maximum absolute atomic E-state index is 13.6. The van der Waals surface area contributed by atoms with Crippen molar-refractivity contribution in [2.75, 3.05) is 6.54 Å². The van der Waals surface area contributed by atoms with Gasteiger partial charge in [-0.3, -0.25) is 4.79 Å². The predicted octanol–water partition coefficient (Wildman–Crippen LogP) is 2.02. The molecule has 0 bridgehead atoms. The van der Waals surface area contributed by atoms with Gasteiger partial charge in [0, 0.05) is 6.54 Å². The fraction of sp³-hybridized carbons (Fsp3) is 0.500. The lowest BCUT2D eigenvalue weighted by atomic mass is 10.1. The summed E-state index contributed by atoms with van der Waals surface area (Å²) in [4.78, 5) is 11.8. The minimum absolute atomic E-state index is 0.0825. The van der Waals surface area contributed by atoms with Crippen molar-refractivity contribution in [2.24, 2.45) is 5.92 Å². The quantitative estimate of drug-likeness (QED) is 0.863. The molecule has 0 aromatic heterocycles. The molecular weight excluding hydrogens is 233 g/mol. The molecule has 1 aliphatic rings. The molecule has 3 nitrogen and oxygen atoms in total. The first-order valence-electron chi connectivity index (χ1n) is 6.28. The molecule has 2 rings (SSSR count). The third kappa shape index (κ3) is 3.07. The monoisotopic (exact) mass is 251 g/mol. The Kier molecular flexibility index (Phi) is 3.97. The molecule has 1 aromatic carbocycles. The molecule has 0 saturated heterocycles. The number of aliphatic hydroxyl groups is 1. The summed E-state index contributed by atoms with van der Waals surface area (Å²) in [6, 6.07) is 4.58. The molecule has 2 unspecified atom stereocenters. The van der Waals surface area contributed by atoms with Gasteiger partial charge in [-0.25, -0.2) is 4.39 Å². The first-order valence-corrected chi connectivity index (χ1v) is 6.28. The number of hydrogen-bond acceptors (Lipinski definition) is 2. The molecule has 0 heterocycles. The lowest BCUT2D eigenvalue weighted by molar-refractivity contribution is 0.0941. The number of rotatable bonds is 3. The van der Waals surface area contributed by atoms with Crippen LogP contribution in [0.5, 0.6) is 0 Å². The minimum atomic E-state index is -0.487. The molecule has 1 amide bonds. The second-order valence-corrected chi connectivity index (χ2v) is 5.03. The van der Waals surface area contributed by atoms with Crippen LogP contribution in [0.2, 0.25) is 0 Å². The maximum Gasteiger partial charge on any atom is 0.254 e. The Bertz CT molecular complexity index is 447. The standard InChI is InChI=1S/C14H18FNO2/c1-9-2-5-12(13(15)6-9)14(18)16-8-10-3-4-11(17)7-10/h2,5-6,10-11,17H,3-4,7-8H2,1H3,(H,16,18). The van der Waals surface area contributed by atoms with Crippen molar-refractivity contribution >= 4 is 5.91 Å². The number of amides is 1. The smallest absolute Gasteiger partial charge is 0.254 e. The predicted molar refractivity (Wildman–Crippen MR) is 66.8 cm³/mol. The van der Waals surface area contributed by atoms with E-state index in [4.69, 9.17) is 0 Å². The average molecular weight is 251 g/mol. The fourth-order valence-electron chi connectivity index (χ4n) is 2.37. The van der Waals surface area contributed by atoms with E-state index in [-0.39, 0.29) is 17.6 Å². The Hall–Kier alpha value is -1.42. The topological polar surface area (TPSA) is 49.3 Å². The van der Waals surface area contributed by atoms with Crippen LogP contribution in [0.25, 0.3) is 0 Å². The van der Waals surface area contributed by atoms with Gasteiger partial charge in [0.05, 0.1) is 11.7 Å². The number of carbonyl (C=O) groups excluding carboxylic acids is 1. The number of aryl methyl sites for hydroxylation is 1. The summed E-state index contributed by atoms with van der Waals surface area (Å²) in [5.41, 5.74) is 0.877. The SMILES string of the molecule is Cc1ccc(C(=O)NCC2CCC(O)C2)c(F)c1. The molecular formula is C14H18FNO2. The van der Waals surface area contributed by atoms with E-state index in [1.165, 1.54) is 12.1 Å². The molecule has 0 aliphatic heterocycles. The zero-order valence-electron chi connectivity index (χ0n) is 10.4. The highest BCUT2D eigenvalue weighted by atomic mass is 19.1. The third-order valence-corrected chi connectivity index (χ3v) is 3.43. The van der Waals surface area contributed by atoms with Crippen molar-refractivity contribution in [1.29, 1.82) is 0 Å². The lowest BCUT2D eigenvalue weighted by Crippen LogP contribution is -2.29. The maximum atomic E-state index is 13.6. The zero-order valence-corrected chi connectivity index (χ0v) is 10.4. The molecule has 1 fully saturated rings. The number of nitrogens with one attached hydrogen (secondary N) is 1. The first-order chi connectivity index (χ1) is 8.56. The molecule has 2 atom stereocenters. The first kappa shape index (κ1) is 13.0. The number of aliphatic hydroxyl groups excluding tert-OH is 1. The second-order valence-electron chi connectivity index (χ2n) is 5.03. The number of hydrogen-bond donors (Lipinski definition) is 2. The normalized spacial score (nSPS) is 23.1. The van der Waals surface area contributed by atoms with Gasteiger partial charge in [-0.05, 0) is 49.8 Å². The molecule has 2 N–H and O–H groups in total. The average Bonchev–Trinajstić information content (AvgIpc) is 2.72. The highest BCUT2D eigenvalue weighted by Gasteiger charge is 2.23. The summed E-state index contributed by atoms with van der Waals surface area (Å²) in [7, 11) is 0. The summed E-state index contributed by atoms with van der Waals surface area (Å²) in [5.74, 6) is -0.565. The van der Waals surface area contributed by atoms with Crippen LogP contribution in [0.1, 0.15) is 35.2 Å². The van der Waals surface area contributed by atoms with E-state index in [1.54, 1.807) is 13.0 Å². The van der Waals surface area contributed by atoms with Gasteiger partial charge in [0.25, 0.3) is 5.91 Å². The number of carbonyl (C=O) groups is 1. The van der Waals surface area contributed by atoms with Crippen molar-refractivity contribution in [3.63, 3.8) is 0 Å². The summed E-state index contributed by atoms with van der Waals surface area (Å²) in [5, 5.41) is 12.1. The third-order valence-electron chi connectivity index (χ3n) is 3.43. The Balaban J connectivity index is 1.91. The van der Waals surface area contributed by atoms with Crippen LogP contribution in [0.4, 0.5) is 4.39 Å². The van der Waals surface area contributed by atoms with E-state index >= 15 is 0 Å². The van der Waals surface area contributed by atoms with Crippen molar-refractivity contribution in [1.82, 2.24) is 5.32 Å². The van der Waals surface area contributed by atoms with Gasteiger partial charge in [-0.15, -0.1) is 0 Å². The van der Waals surface area contributed by atoms with Crippen LogP contribution in [0.3, 0.4) is 0 Å². The second kappa shape index (κ2) is 5.48. The Morgan fingerprint density at radius 2 is 2.28 bits per heavy atom. The molecule has 18 heavy (non-hydrogen) atoms. The summed E-state index contributed by atoms with van der Waals surface area (Å²) in [6.07, 6.45) is 2.18. The minimum Gasteiger partial charge on any atom is -0.393 e. The number of halogens is 1. The van der Waals surface area contributed by atoms with E-state index in [0.29, 0.717) is 12.5 Å². The van der Waals surface area contributed by atoms with Gasteiger partial charge < -0.3 is 10.4 Å². The van der Waals surface area contributed by atoms with Gasteiger partial charge in [-0.2, -0.15) is 0 Å². The van der Waals surface area contributed by atoms with Crippen molar-refractivity contribution in [2.45, 2.75) is 32.3 Å². The van der Waals surface area contributed by atoms with Crippen LogP contribution in [-0.2, 0) is 0 Å². The van der Waals surface area contributed by atoms with Crippen LogP contribution >= 0.6 is 0 Å². The zero-order chi connectivity index (χ0) is 13.1. The van der Waals surface area contributed by atoms with Crippen molar-refractivity contribution < 1.29 is 14.3 Å². The van der Waals surface area contributed by atoms with Gasteiger partial charge in [0.2, 0.25) is 0 Å². The van der Waals surface area contributed by atoms with Gasteiger partial charge >= 0.3 is 0 Å². The van der Waals surface area contributed by atoms with E-state index in [0.717, 1.165) is 24.8 Å². The molecule has 1 aromatic rings. The summed E-state index contributed by atoms with van der Waals surface area (Å²) in [6.45, 7) is 2.29. The van der Waals surface area contributed by atoms with Crippen LogP contribution in [0.15, 0.2) is 18.2 Å². The molecule has 98 valence electrons. The summed E-state index contributed by atoms with van der Waals surface area (Å²) >= 11 is 0. The van der Waals surface area contributed by atoms with E-state index in [9.17, 15) is 14.3 Å². The van der Waals surface area contributed by atoms with Gasteiger partial charge in [0.15, 0.2) is 0 Å².